The Morgan fingerprint density at radius 1 is 1.29 bits per heavy atom. The summed E-state index contributed by atoms with van der Waals surface area (Å²) in [5, 5.41) is 0. The lowest BCUT2D eigenvalue weighted by molar-refractivity contribution is 0.123. The van der Waals surface area contributed by atoms with Gasteiger partial charge in [-0.1, -0.05) is 30.3 Å². The van der Waals surface area contributed by atoms with Crippen LogP contribution in [-0.4, -0.2) is 25.6 Å². The van der Waals surface area contributed by atoms with Gasteiger partial charge in [-0.2, -0.15) is 0 Å². The van der Waals surface area contributed by atoms with Gasteiger partial charge in [-0.25, -0.2) is 0 Å². The number of amidine groups is 1. The summed E-state index contributed by atoms with van der Waals surface area (Å²) in [6.07, 6.45) is 3.64. The summed E-state index contributed by atoms with van der Waals surface area (Å²) in [6.45, 7) is 2.46. The van der Waals surface area contributed by atoms with E-state index in [4.69, 9.17) is 10.5 Å². The minimum Gasteiger partial charge on any atom is -0.384 e. The van der Waals surface area contributed by atoms with Gasteiger partial charge in [0.1, 0.15) is 5.84 Å². The lowest BCUT2D eigenvalue weighted by atomic mass is 10.2. The second-order valence-electron chi connectivity index (χ2n) is 4.50. The molecule has 0 aromatic heterocycles. The van der Waals surface area contributed by atoms with Crippen LogP contribution in [0, 0.1) is 5.92 Å². The molecule has 1 aromatic rings. The quantitative estimate of drug-likeness (QED) is 0.445. The molecule has 3 heteroatoms. The zero-order valence-corrected chi connectivity index (χ0v) is 10.1. The van der Waals surface area contributed by atoms with Crippen LogP contribution in [0.15, 0.2) is 35.3 Å². The molecule has 0 aliphatic heterocycles. The highest BCUT2D eigenvalue weighted by atomic mass is 16.5. The predicted octanol–water partition coefficient (Wildman–Crippen LogP) is 2.21. The van der Waals surface area contributed by atoms with Gasteiger partial charge in [-0.05, 0) is 25.2 Å². The first-order chi connectivity index (χ1) is 8.36. The van der Waals surface area contributed by atoms with Crippen LogP contribution < -0.4 is 5.73 Å². The van der Waals surface area contributed by atoms with Gasteiger partial charge < -0.3 is 10.5 Å². The van der Waals surface area contributed by atoms with Crippen molar-refractivity contribution in [3.05, 3.63) is 35.9 Å². The monoisotopic (exact) mass is 232 g/mol. The molecule has 0 unspecified atom stereocenters. The summed E-state index contributed by atoms with van der Waals surface area (Å²) in [7, 11) is 0. The normalized spacial score (nSPS) is 16.1. The molecule has 1 saturated carbocycles. The Labute approximate surface area is 103 Å². The lowest BCUT2D eigenvalue weighted by Crippen LogP contribution is -2.14. The van der Waals surface area contributed by atoms with E-state index in [9.17, 15) is 0 Å². The van der Waals surface area contributed by atoms with Gasteiger partial charge >= 0.3 is 0 Å². The second kappa shape index (κ2) is 6.40. The number of hydrogen-bond donors (Lipinski definition) is 1. The molecule has 1 fully saturated rings. The van der Waals surface area contributed by atoms with Crippen molar-refractivity contribution in [1.82, 2.24) is 0 Å². The highest BCUT2D eigenvalue weighted by molar-refractivity contribution is 5.97. The van der Waals surface area contributed by atoms with Crippen LogP contribution in [0.4, 0.5) is 0 Å². The number of benzene rings is 1. The standard InChI is InChI=1S/C14H20N2O/c15-14(13-5-2-1-3-6-13)16-9-4-10-17-11-12-7-8-12/h1-3,5-6,12H,4,7-11H2,(H2,15,16). The Balaban J connectivity index is 1.62. The third-order valence-corrected chi connectivity index (χ3v) is 2.85. The van der Waals surface area contributed by atoms with Crippen molar-refractivity contribution in [1.29, 1.82) is 0 Å². The van der Waals surface area contributed by atoms with Crippen LogP contribution in [0.1, 0.15) is 24.8 Å². The first-order valence-electron chi connectivity index (χ1n) is 6.29. The smallest absolute Gasteiger partial charge is 0.125 e. The highest BCUT2D eigenvalue weighted by Gasteiger charge is 2.20. The molecule has 0 atom stereocenters. The summed E-state index contributed by atoms with van der Waals surface area (Å²) in [5.41, 5.74) is 6.87. The van der Waals surface area contributed by atoms with E-state index >= 15 is 0 Å². The fraction of sp³-hybridized carbons (Fsp3) is 0.500. The molecule has 1 aliphatic carbocycles. The van der Waals surface area contributed by atoms with Gasteiger partial charge in [0.15, 0.2) is 0 Å². The summed E-state index contributed by atoms with van der Waals surface area (Å²) in [5.74, 6) is 1.46. The molecule has 92 valence electrons. The van der Waals surface area contributed by atoms with E-state index < -0.39 is 0 Å². The summed E-state index contributed by atoms with van der Waals surface area (Å²) >= 11 is 0. The van der Waals surface area contributed by atoms with Crippen molar-refractivity contribution in [2.24, 2.45) is 16.6 Å². The van der Waals surface area contributed by atoms with E-state index in [-0.39, 0.29) is 0 Å². The van der Waals surface area contributed by atoms with E-state index in [0.717, 1.165) is 37.7 Å². The molecule has 0 radical (unpaired) electrons. The molecule has 17 heavy (non-hydrogen) atoms. The molecule has 3 nitrogen and oxygen atoms in total. The molecule has 0 bridgehead atoms. The van der Waals surface area contributed by atoms with Crippen LogP contribution >= 0.6 is 0 Å². The molecule has 1 aliphatic rings. The Morgan fingerprint density at radius 3 is 2.76 bits per heavy atom. The van der Waals surface area contributed by atoms with Crippen molar-refractivity contribution in [2.75, 3.05) is 19.8 Å². The average Bonchev–Trinajstić information content (AvgIpc) is 3.18. The predicted molar refractivity (Wildman–Crippen MR) is 70.2 cm³/mol. The van der Waals surface area contributed by atoms with Crippen molar-refractivity contribution in [3.8, 4) is 0 Å². The first kappa shape index (κ1) is 12.1. The molecule has 0 saturated heterocycles. The SMILES string of the molecule is NC(=NCCCOCC1CC1)c1ccccc1. The topological polar surface area (TPSA) is 47.6 Å². The number of nitrogens with zero attached hydrogens (tertiary/aromatic N) is 1. The summed E-state index contributed by atoms with van der Waals surface area (Å²) < 4.78 is 5.54. The van der Waals surface area contributed by atoms with E-state index in [1.54, 1.807) is 0 Å². The van der Waals surface area contributed by atoms with Crippen LogP contribution in [0.5, 0.6) is 0 Å². The van der Waals surface area contributed by atoms with Gasteiger partial charge in [0.05, 0.1) is 0 Å². The number of ether oxygens (including phenoxy) is 1. The van der Waals surface area contributed by atoms with Gasteiger partial charge in [-0.15, -0.1) is 0 Å². The number of aliphatic imine (C=N–C) groups is 1. The Hall–Kier alpha value is -1.35. The molecule has 0 spiro atoms. The Kier molecular flexibility index (Phi) is 4.56. The van der Waals surface area contributed by atoms with Gasteiger partial charge in [0.25, 0.3) is 0 Å². The maximum atomic E-state index is 5.88. The van der Waals surface area contributed by atoms with Crippen molar-refractivity contribution in [2.45, 2.75) is 19.3 Å². The molecule has 0 amide bonds. The van der Waals surface area contributed by atoms with Crippen molar-refractivity contribution >= 4 is 5.84 Å². The van der Waals surface area contributed by atoms with E-state index in [2.05, 4.69) is 4.99 Å². The highest BCUT2D eigenvalue weighted by Crippen LogP contribution is 2.28. The number of rotatable bonds is 7. The van der Waals surface area contributed by atoms with Crippen molar-refractivity contribution < 1.29 is 4.74 Å². The molecule has 1 aromatic carbocycles. The zero-order chi connectivity index (χ0) is 11.9. The average molecular weight is 232 g/mol. The maximum absolute atomic E-state index is 5.88. The molecule has 2 N–H and O–H groups in total. The third-order valence-electron chi connectivity index (χ3n) is 2.85. The van der Waals surface area contributed by atoms with E-state index in [0.29, 0.717) is 5.84 Å². The van der Waals surface area contributed by atoms with Crippen LogP contribution in [-0.2, 0) is 4.74 Å². The zero-order valence-electron chi connectivity index (χ0n) is 10.1. The summed E-state index contributed by atoms with van der Waals surface area (Å²) in [6, 6.07) is 9.86. The van der Waals surface area contributed by atoms with E-state index in [1.165, 1.54) is 12.8 Å². The minimum absolute atomic E-state index is 0.618. The fourth-order valence-electron chi connectivity index (χ4n) is 1.60. The third kappa shape index (κ3) is 4.57. The molecular weight excluding hydrogens is 212 g/mol. The van der Waals surface area contributed by atoms with Gasteiger partial charge in [0, 0.05) is 25.3 Å². The molecule has 0 heterocycles. The molecule has 2 rings (SSSR count). The lowest BCUT2D eigenvalue weighted by Gasteiger charge is -2.02. The Bertz CT molecular complexity index is 358. The van der Waals surface area contributed by atoms with Crippen LogP contribution in [0.2, 0.25) is 0 Å². The van der Waals surface area contributed by atoms with Gasteiger partial charge in [-0.3, -0.25) is 4.99 Å². The number of nitrogens with two attached hydrogens (primary N) is 1. The minimum atomic E-state index is 0.618. The Morgan fingerprint density at radius 2 is 2.06 bits per heavy atom. The largest absolute Gasteiger partial charge is 0.384 e. The van der Waals surface area contributed by atoms with E-state index in [1.807, 2.05) is 30.3 Å². The van der Waals surface area contributed by atoms with Crippen LogP contribution in [0.3, 0.4) is 0 Å². The second-order valence-corrected chi connectivity index (χ2v) is 4.50. The van der Waals surface area contributed by atoms with Crippen LogP contribution in [0.25, 0.3) is 0 Å². The van der Waals surface area contributed by atoms with Crippen molar-refractivity contribution in [3.63, 3.8) is 0 Å². The maximum Gasteiger partial charge on any atom is 0.125 e. The molecular formula is C14H20N2O. The summed E-state index contributed by atoms with van der Waals surface area (Å²) in [4.78, 5) is 4.34. The van der Waals surface area contributed by atoms with Gasteiger partial charge in [0.2, 0.25) is 0 Å². The number of hydrogen-bond acceptors (Lipinski definition) is 2. The fourth-order valence-corrected chi connectivity index (χ4v) is 1.60. The first-order valence-corrected chi connectivity index (χ1v) is 6.29.